The van der Waals surface area contributed by atoms with Crippen LogP contribution in [0.15, 0.2) is 47.1 Å². The summed E-state index contributed by atoms with van der Waals surface area (Å²) in [4.78, 5) is 9.51. The van der Waals surface area contributed by atoms with Gasteiger partial charge < -0.3 is 19.8 Å². The van der Waals surface area contributed by atoms with E-state index in [0.29, 0.717) is 23.5 Å². The van der Waals surface area contributed by atoms with Gasteiger partial charge in [0, 0.05) is 43.9 Å². The number of hydrogen-bond acceptors (Lipinski definition) is 7. The first-order valence-electron chi connectivity index (χ1n) is 9.73. The predicted octanol–water partition coefficient (Wildman–Crippen LogP) is 4.50. The minimum absolute atomic E-state index is 0. The van der Waals surface area contributed by atoms with Gasteiger partial charge in [0.2, 0.25) is 0 Å². The van der Waals surface area contributed by atoms with E-state index >= 15 is 0 Å². The molecule has 29 heavy (non-hydrogen) atoms. The lowest BCUT2D eigenvalue weighted by Crippen LogP contribution is -2.28. The van der Waals surface area contributed by atoms with Crippen LogP contribution in [-0.4, -0.2) is 39.4 Å². The van der Waals surface area contributed by atoms with E-state index in [1.54, 1.807) is 6.26 Å². The summed E-state index contributed by atoms with van der Waals surface area (Å²) in [6.07, 6.45) is 3.59. The number of hydrogen-bond donors (Lipinski definition) is 3. The van der Waals surface area contributed by atoms with E-state index in [1.807, 2.05) is 43.3 Å². The van der Waals surface area contributed by atoms with Crippen molar-refractivity contribution in [3.63, 3.8) is 0 Å². The molecule has 8 nitrogen and oxygen atoms in total. The quantitative estimate of drug-likeness (QED) is 0.459. The van der Waals surface area contributed by atoms with Crippen molar-refractivity contribution in [2.75, 3.05) is 23.8 Å². The third kappa shape index (κ3) is 3.79. The molecule has 0 bridgehead atoms. The molecule has 0 spiro atoms. The second-order valence-electron chi connectivity index (χ2n) is 7.20. The maximum absolute atomic E-state index is 5.70. The highest BCUT2D eigenvalue weighted by Gasteiger charge is 2.17. The highest BCUT2D eigenvalue weighted by molar-refractivity contribution is 5.90. The average Bonchev–Trinajstić information content (AvgIpc) is 3.37. The highest BCUT2D eigenvalue weighted by atomic mass is 16.5. The molecule has 0 atom stereocenters. The van der Waals surface area contributed by atoms with Crippen molar-refractivity contribution in [3.8, 4) is 11.4 Å². The number of H-pyrrole nitrogens is 1. The molecule has 1 aliphatic rings. The van der Waals surface area contributed by atoms with Gasteiger partial charge in [0.25, 0.3) is 0 Å². The Morgan fingerprint density at radius 3 is 2.76 bits per heavy atom. The molecule has 0 aliphatic carbocycles. The molecular weight excluding hydrogens is 368 g/mol. The summed E-state index contributed by atoms with van der Waals surface area (Å²) in [5.41, 5.74) is 2.60. The molecule has 1 aliphatic heterocycles. The lowest BCUT2D eigenvalue weighted by molar-refractivity contribution is 0.0904. The maximum Gasteiger partial charge on any atom is 0.167 e. The summed E-state index contributed by atoms with van der Waals surface area (Å²) in [5, 5.41) is 15.0. The fraction of sp³-hybridized carbons (Fsp3) is 0.286. The molecule has 5 rings (SSSR count). The molecule has 1 saturated heterocycles. The van der Waals surface area contributed by atoms with Crippen LogP contribution in [0.25, 0.3) is 22.4 Å². The number of aryl methyl sites for hydroxylation is 1. The fourth-order valence-corrected chi connectivity index (χ4v) is 3.54. The summed E-state index contributed by atoms with van der Waals surface area (Å²) in [6, 6.07) is 12.1. The first-order chi connectivity index (χ1) is 14.2. The van der Waals surface area contributed by atoms with E-state index in [1.165, 1.54) is 0 Å². The van der Waals surface area contributed by atoms with Crippen molar-refractivity contribution >= 4 is 28.4 Å². The second-order valence-corrected chi connectivity index (χ2v) is 7.20. The number of para-hydroxylation sites is 1. The lowest BCUT2D eigenvalue weighted by Gasteiger charge is -2.24. The number of furan rings is 1. The Bertz CT molecular complexity index is 1140. The number of anilines is 3. The number of aromatic amines is 1. The van der Waals surface area contributed by atoms with Gasteiger partial charge in [0.15, 0.2) is 11.6 Å². The average molecular weight is 392 g/mol. The third-order valence-electron chi connectivity index (χ3n) is 4.98. The van der Waals surface area contributed by atoms with Crippen LogP contribution < -0.4 is 10.6 Å². The Labute approximate surface area is 169 Å². The van der Waals surface area contributed by atoms with Crippen LogP contribution in [0.4, 0.5) is 17.5 Å². The number of aromatic nitrogens is 4. The Kier molecular flexibility index (Phi) is 4.61. The standard InChI is InChI=1S/C21H22N6O2.H2/c1-13-11-19(27-26-13)23-18-12-17(22-15-6-8-28-9-7-15)24-21(25-18)16-4-2-3-14-5-10-29-20(14)16;/h2-5,10-12,15H,6-9H2,1H3,(H3,22,23,24,25,26,27);1H. The van der Waals surface area contributed by atoms with E-state index in [2.05, 4.69) is 20.8 Å². The van der Waals surface area contributed by atoms with E-state index in [0.717, 1.165) is 54.1 Å². The molecule has 4 heterocycles. The van der Waals surface area contributed by atoms with Crippen molar-refractivity contribution < 1.29 is 10.6 Å². The summed E-state index contributed by atoms with van der Waals surface area (Å²) in [5.74, 6) is 2.73. The van der Waals surface area contributed by atoms with Crippen LogP contribution in [0.5, 0.6) is 0 Å². The SMILES string of the molecule is Cc1cc(Nc2cc(NC3CCOCC3)nc(-c3cccc4ccoc34)n2)n[nH]1.[HH]. The monoisotopic (exact) mass is 392 g/mol. The van der Waals surface area contributed by atoms with Crippen LogP contribution in [0.3, 0.4) is 0 Å². The first-order valence-corrected chi connectivity index (χ1v) is 9.73. The summed E-state index contributed by atoms with van der Waals surface area (Å²) in [7, 11) is 0. The van der Waals surface area contributed by atoms with Gasteiger partial charge in [0.1, 0.15) is 17.2 Å². The summed E-state index contributed by atoms with van der Waals surface area (Å²) >= 11 is 0. The molecule has 0 unspecified atom stereocenters. The van der Waals surface area contributed by atoms with Crippen molar-refractivity contribution in [1.82, 2.24) is 20.2 Å². The van der Waals surface area contributed by atoms with Crippen molar-refractivity contribution in [3.05, 3.63) is 48.4 Å². The van der Waals surface area contributed by atoms with Gasteiger partial charge >= 0.3 is 0 Å². The van der Waals surface area contributed by atoms with Crippen molar-refractivity contribution in [1.29, 1.82) is 0 Å². The number of ether oxygens (including phenoxy) is 1. The number of fused-ring (bicyclic) bond motifs is 1. The number of rotatable bonds is 5. The lowest BCUT2D eigenvalue weighted by atomic mass is 10.1. The van der Waals surface area contributed by atoms with Crippen LogP contribution in [-0.2, 0) is 4.74 Å². The van der Waals surface area contributed by atoms with Gasteiger partial charge in [-0.2, -0.15) is 5.10 Å². The van der Waals surface area contributed by atoms with Crippen LogP contribution in [0, 0.1) is 6.92 Å². The van der Waals surface area contributed by atoms with Gasteiger partial charge in [-0.3, -0.25) is 5.10 Å². The van der Waals surface area contributed by atoms with Crippen LogP contribution in [0.2, 0.25) is 0 Å². The van der Waals surface area contributed by atoms with E-state index in [4.69, 9.17) is 19.1 Å². The zero-order chi connectivity index (χ0) is 19.6. The van der Waals surface area contributed by atoms with E-state index in [-0.39, 0.29) is 1.43 Å². The van der Waals surface area contributed by atoms with Gasteiger partial charge in [-0.25, -0.2) is 9.97 Å². The molecule has 3 aromatic heterocycles. The summed E-state index contributed by atoms with van der Waals surface area (Å²) in [6.45, 7) is 3.48. The highest BCUT2D eigenvalue weighted by Crippen LogP contribution is 2.30. The Balaban J connectivity index is 0.00000218. The molecule has 1 fully saturated rings. The van der Waals surface area contributed by atoms with E-state index < -0.39 is 0 Å². The molecular formula is C21H24N6O2. The smallest absolute Gasteiger partial charge is 0.167 e. The molecule has 0 radical (unpaired) electrons. The third-order valence-corrected chi connectivity index (χ3v) is 4.98. The maximum atomic E-state index is 5.70. The molecule has 0 amide bonds. The Hall–Kier alpha value is -3.39. The minimum atomic E-state index is 0. The second kappa shape index (κ2) is 7.56. The van der Waals surface area contributed by atoms with E-state index in [9.17, 15) is 0 Å². The normalized spacial score (nSPS) is 14.9. The molecule has 0 saturated carbocycles. The molecule has 8 heteroatoms. The van der Waals surface area contributed by atoms with Gasteiger partial charge in [-0.1, -0.05) is 12.1 Å². The zero-order valence-corrected chi connectivity index (χ0v) is 16.1. The van der Waals surface area contributed by atoms with Gasteiger partial charge in [-0.15, -0.1) is 0 Å². The van der Waals surface area contributed by atoms with Gasteiger partial charge in [0.05, 0.1) is 11.8 Å². The van der Waals surface area contributed by atoms with Crippen molar-refractivity contribution in [2.24, 2.45) is 0 Å². The molecule has 1 aromatic carbocycles. The fourth-order valence-electron chi connectivity index (χ4n) is 3.54. The molecule has 4 aromatic rings. The zero-order valence-electron chi connectivity index (χ0n) is 16.1. The molecule has 150 valence electrons. The van der Waals surface area contributed by atoms with Crippen LogP contribution in [0.1, 0.15) is 20.0 Å². The summed E-state index contributed by atoms with van der Waals surface area (Å²) < 4.78 is 11.2. The topological polar surface area (TPSA) is 101 Å². The largest absolute Gasteiger partial charge is 0.464 e. The number of nitrogens with one attached hydrogen (secondary N) is 3. The van der Waals surface area contributed by atoms with Gasteiger partial charge in [-0.05, 0) is 31.9 Å². The predicted molar refractivity (Wildman–Crippen MR) is 113 cm³/mol. The first kappa shape index (κ1) is 17.7. The van der Waals surface area contributed by atoms with Crippen molar-refractivity contribution in [2.45, 2.75) is 25.8 Å². The Morgan fingerprint density at radius 1 is 1.07 bits per heavy atom. The molecule has 3 N–H and O–H groups in total. The number of nitrogens with zero attached hydrogens (tertiary/aromatic N) is 3. The minimum Gasteiger partial charge on any atom is -0.464 e. The van der Waals surface area contributed by atoms with Crippen LogP contribution >= 0.6 is 0 Å². The number of benzene rings is 1. The Morgan fingerprint density at radius 2 is 1.93 bits per heavy atom.